The van der Waals surface area contributed by atoms with E-state index in [9.17, 15) is 9.00 Å². The van der Waals surface area contributed by atoms with Crippen molar-refractivity contribution in [2.24, 2.45) is 0 Å². The van der Waals surface area contributed by atoms with Crippen LogP contribution in [0.4, 0.5) is 17.3 Å². The topological polar surface area (TPSA) is 108 Å². The lowest BCUT2D eigenvalue weighted by molar-refractivity contribution is 0.0919. The van der Waals surface area contributed by atoms with Gasteiger partial charge in [0.15, 0.2) is 0 Å². The molecule has 43 heavy (non-hydrogen) atoms. The van der Waals surface area contributed by atoms with Crippen molar-refractivity contribution in [3.63, 3.8) is 0 Å². The van der Waals surface area contributed by atoms with Gasteiger partial charge in [-0.15, -0.1) is 0 Å². The van der Waals surface area contributed by atoms with Crippen molar-refractivity contribution < 1.29 is 13.7 Å². The molecule has 2 heterocycles. The van der Waals surface area contributed by atoms with E-state index in [1.54, 1.807) is 49.0 Å². The average molecular weight is 623 g/mol. The summed E-state index contributed by atoms with van der Waals surface area (Å²) in [5.41, 5.74) is 3.10. The Morgan fingerprint density at radius 1 is 1.19 bits per heavy atom. The molecule has 1 amide bonds. The summed E-state index contributed by atoms with van der Waals surface area (Å²) in [6, 6.07) is 13.0. The summed E-state index contributed by atoms with van der Waals surface area (Å²) in [6.07, 6.45) is 8.79. The number of carbonyl (C=O) groups is 1. The number of benzene rings is 2. The number of nitrogens with one attached hydrogen (secondary N) is 3. The lowest BCUT2D eigenvalue weighted by atomic mass is 10.1. The summed E-state index contributed by atoms with van der Waals surface area (Å²) in [4.78, 5) is 24.1. The van der Waals surface area contributed by atoms with Gasteiger partial charge in [0.2, 0.25) is 0 Å². The molecule has 2 aliphatic rings. The Kier molecular flexibility index (Phi) is 9.68. The summed E-state index contributed by atoms with van der Waals surface area (Å²) in [7, 11) is -0.809. The number of anilines is 3. The number of hydrogen-bond donors (Lipinski definition) is 3. The highest BCUT2D eigenvalue weighted by molar-refractivity contribution is 7.84. The Hall–Kier alpha value is -3.47. The van der Waals surface area contributed by atoms with Crippen LogP contribution < -0.4 is 20.7 Å². The summed E-state index contributed by atoms with van der Waals surface area (Å²) < 4.78 is 17.8. The standard InChI is InChI=1S/C32H39ClN6O3S/c1-32(2,3)38-31(40)22-6-5-7-25(17-22)42-28-11-8-23(18-27(28)33)37-30-26-16-21(12-13-34-29(26)35-20-36-30)19-39(24-9-10-24)14-15-43(4)41/h5-8,11,16-18,20,24H,9-10,12-15,19H2,1-4H3,(H,38,40)(H2,34,35,36,37). The van der Waals surface area contributed by atoms with Crippen LogP contribution in [-0.4, -0.2) is 68.2 Å². The van der Waals surface area contributed by atoms with Crippen LogP contribution in [0.1, 0.15) is 56.0 Å². The molecule has 3 aromatic rings. The second-order valence-corrected chi connectivity index (χ2v) is 14.0. The number of aromatic nitrogens is 2. The van der Waals surface area contributed by atoms with E-state index in [4.69, 9.17) is 16.3 Å². The van der Waals surface area contributed by atoms with E-state index >= 15 is 0 Å². The predicted octanol–water partition coefficient (Wildman–Crippen LogP) is 6.24. The maximum Gasteiger partial charge on any atom is 0.251 e. The second kappa shape index (κ2) is 13.4. The molecule has 0 radical (unpaired) electrons. The molecule has 1 aliphatic carbocycles. The van der Waals surface area contributed by atoms with Crippen LogP contribution in [0.25, 0.3) is 6.08 Å². The molecule has 9 nitrogen and oxygen atoms in total. The SMILES string of the molecule is CS(=O)CCN(CC1=Cc2c(ncnc2Nc2ccc(Oc3cccc(C(=O)NC(C)(C)C)c3)c(Cl)c2)NCC1)C1CC1. The monoisotopic (exact) mass is 622 g/mol. The largest absolute Gasteiger partial charge is 0.456 e. The minimum Gasteiger partial charge on any atom is -0.456 e. The van der Waals surface area contributed by atoms with Crippen LogP contribution >= 0.6 is 11.6 Å². The highest BCUT2D eigenvalue weighted by atomic mass is 35.5. The summed E-state index contributed by atoms with van der Waals surface area (Å²) in [6.45, 7) is 8.27. The van der Waals surface area contributed by atoms with Crippen LogP contribution in [0.5, 0.6) is 11.5 Å². The number of halogens is 1. The van der Waals surface area contributed by atoms with Crippen molar-refractivity contribution >= 4 is 51.7 Å². The Bertz CT molecular complexity index is 1540. The Morgan fingerprint density at radius 3 is 2.72 bits per heavy atom. The van der Waals surface area contributed by atoms with Gasteiger partial charge in [-0.25, -0.2) is 9.97 Å². The third-order valence-electron chi connectivity index (χ3n) is 7.11. The molecular formula is C32H39ClN6O3S. The lowest BCUT2D eigenvalue weighted by Gasteiger charge is -2.23. The number of ether oxygens (including phenoxy) is 1. The van der Waals surface area contributed by atoms with Gasteiger partial charge in [0.25, 0.3) is 5.91 Å². The minimum atomic E-state index is -0.809. The van der Waals surface area contributed by atoms with Crippen LogP contribution in [0.3, 0.4) is 0 Å². The summed E-state index contributed by atoms with van der Waals surface area (Å²) in [5, 5.41) is 10.2. The van der Waals surface area contributed by atoms with Gasteiger partial charge in [0, 0.05) is 65.3 Å². The van der Waals surface area contributed by atoms with Crippen molar-refractivity contribution in [3.8, 4) is 11.5 Å². The molecule has 11 heteroatoms. The van der Waals surface area contributed by atoms with Crippen LogP contribution in [0.2, 0.25) is 5.02 Å². The fourth-order valence-corrected chi connectivity index (χ4v) is 5.60. The molecule has 0 saturated heterocycles. The molecule has 1 saturated carbocycles. The molecule has 1 aromatic heterocycles. The molecule has 1 fully saturated rings. The van der Waals surface area contributed by atoms with Gasteiger partial charge in [-0.1, -0.05) is 23.2 Å². The Morgan fingerprint density at radius 2 is 2.00 bits per heavy atom. The summed E-state index contributed by atoms with van der Waals surface area (Å²) in [5.74, 6) is 2.95. The van der Waals surface area contributed by atoms with Gasteiger partial charge < -0.3 is 20.7 Å². The number of rotatable bonds is 11. The van der Waals surface area contributed by atoms with Gasteiger partial charge in [-0.3, -0.25) is 13.9 Å². The molecule has 0 spiro atoms. The number of hydrogen-bond acceptors (Lipinski definition) is 8. The highest BCUT2D eigenvalue weighted by Crippen LogP contribution is 2.35. The van der Waals surface area contributed by atoms with E-state index in [1.165, 1.54) is 18.4 Å². The van der Waals surface area contributed by atoms with Crippen LogP contribution in [-0.2, 0) is 10.8 Å². The highest BCUT2D eigenvalue weighted by Gasteiger charge is 2.29. The first-order valence-corrected chi connectivity index (χ1v) is 16.6. The van der Waals surface area contributed by atoms with E-state index in [0.717, 1.165) is 43.1 Å². The zero-order chi connectivity index (χ0) is 30.6. The van der Waals surface area contributed by atoms with Gasteiger partial charge in [-0.05, 0) is 82.5 Å². The van der Waals surface area contributed by atoms with Gasteiger partial charge in [-0.2, -0.15) is 0 Å². The molecule has 0 bridgehead atoms. The first kappa shape index (κ1) is 31.0. The van der Waals surface area contributed by atoms with Crippen molar-refractivity contribution in [3.05, 3.63) is 70.5 Å². The van der Waals surface area contributed by atoms with E-state index in [1.807, 2.05) is 26.8 Å². The fraction of sp³-hybridized carbons (Fsp3) is 0.406. The molecule has 1 aliphatic heterocycles. The van der Waals surface area contributed by atoms with E-state index in [2.05, 4.69) is 36.9 Å². The summed E-state index contributed by atoms with van der Waals surface area (Å²) >= 11 is 6.64. The van der Waals surface area contributed by atoms with Gasteiger partial charge in [0.05, 0.1) is 10.6 Å². The third-order valence-corrected chi connectivity index (χ3v) is 8.17. The van der Waals surface area contributed by atoms with Crippen molar-refractivity contribution in [1.29, 1.82) is 0 Å². The quantitative estimate of drug-likeness (QED) is 0.231. The molecule has 1 unspecified atom stereocenters. The second-order valence-electron chi connectivity index (χ2n) is 12.0. The molecule has 228 valence electrons. The molecule has 2 aromatic carbocycles. The van der Waals surface area contributed by atoms with Crippen LogP contribution in [0.15, 0.2) is 54.4 Å². The zero-order valence-corrected chi connectivity index (χ0v) is 26.6. The number of amides is 1. The maximum absolute atomic E-state index is 12.6. The fourth-order valence-electron chi connectivity index (χ4n) is 4.89. The minimum absolute atomic E-state index is 0.170. The lowest BCUT2D eigenvalue weighted by Crippen LogP contribution is -2.40. The first-order valence-electron chi connectivity index (χ1n) is 14.5. The van der Waals surface area contributed by atoms with Crippen molar-refractivity contribution in [2.75, 3.05) is 42.3 Å². The van der Waals surface area contributed by atoms with Gasteiger partial charge >= 0.3 is 0 Å². The Labute approximate surface area is 260 Å². The molecule has 5 rings (SSSR count). The maximum atomic E-state index is 12.6. The number of carbonyl (C=O) groups excluding carboxylic acids is 1. The molecule has 3 N–H and O–H groups in total. The van der Waals surface area contributed by atoms with Crippen molar-refractivity contribution in [2.45, 2.75) is 51.6 Å². The molecular weight excluding hydrogens is 584 g/mol. The number of nitrogens with zero attached hydrogens (tertiary/aromatic N) is 3. The molecule has 1 atom stereocenters. The van der Waals surface area contributed by atoms with E-state index in [0.29, 0.717) is 39.7 Å². The van der Waals surface area contributed by atoms with Crippen LogP contribution in [0, 0.1) is 0 Å². The predicted molar refractivity (Wildman–Crippen MR) is 175 cm³/mol. The Balaban J connectivity index is 1.31. The van der Waals surface area contributed by atoms with Crippen molar-refractivity contribution in [1.82, 2.24) is 20.2 Å². The first-order chi connectivity index (χ1) is 20.5. The average Bonchev–Trinajstić information content (AvgIpc) is 3.80. The number of fused-ring (bicyclic) bond motifs is 1. The van der Waals surface area contributed by atoms with E-state index < -0.39 is 10.8 Å². The zero-order valence-electron chi connectivity index (χ0n) is 25.1. The third kappa shape index (κ3) is 8.78. The smallest absolute Gasteiger partial charge is 0.251 e. The van der Waals surface area contributed by atoms with E-state index in [-0.39, 0.29) is 11.4 Å². The normalized spacial score (nSPS) is 15.5. The van der Waals surface area contributed by atoms with Gasteiger partial charge in [0.1, 0.15) is 29.5 Å².